The number of aryl methyl sites for hydroxylation is 1. The van der Waals surface area contributed by atoms with E-state index in [1.807, 2.05) is 0 Å². The molecule has 5 nitrogen and oxygen atoms in total. The number of nitrogens with one attached hydrogen (secondary N) is 1. The molecular weight excluding hydrogens is 393 g/mol. The van der Waals surface area contributed by atoms with Gasteiger partial charge in [-0.1, -0.05) is 0 Å². The van der Waals surface area contributed by atoms with Gasteiger partial charge in [0, 0.05) is 15.7 Å². The van der Waals surface area contributed by atoms with Crippen molar-refractivity contribution in [2.45, 2.75) is 33.8 Å². The van der Waals surface area contributed by atoms with Crippen molar-refractivity contribution in [3.05, 3.63) is 56.6 Å². The molecule has 0 fully saturated rings. The highest BCUT2D eigenvalue weighted by atomic mass is 79.9. The Kier molecular flexibility index (Phi) is 5.57. The zero-order valence-electron chi connectivity index (χ0n) is 14.2. The largest absolute Gasteiger partial charge is 0.451 e. The molecule has 2 rings (SSSR count). The van der Waals surface area contributed by atoms with Crippen LogP contribution in [0.2, 0.25) is 0 Å². The Morgan fingerprint density at radius 3 is 2.40 bits per heavy atom. The van der Waals surface area contributed by atoms with E-state index >= 15 is 0 Å². The summed E-state index contributed by atoms with van der Waals surface area (Å²) in [5, 5.41) is 0. The van der Waals surface area contributed by atoms with Crippen LogP contribution in [0.15, 0.2) is 22.7 Å². The van der Waals surface area contributed by atoms with Crippen molar-refractivity contribution in [3.63, 3.8) is 0 Å². The van der Waals surface area contributed by atoms with Crippen LogP contribution in [0, 0.1) is 19.7 Å². The van der Waals surface area contributed by atoms with Crippen molar-refractivity contribution < 1.29 is 23.5 Å². The Bertz CT molecular complexity index is 872. The summed E-state index contributed by atoms with van der Waals surface area (Å²) in [6, 6.07) is 3.54. The number of Topliss-reactive ketones (excluding diaryl/α,β-unsaturated/α-hetero) is 2. The number of ether oxygens (including phenoxy) is 1. The molecule has 1 aromatic heterocycles. The Morgan fingerprint density at radius 2 is 1.88 bits per heavy atom. The third kappa shape index (κ3) is 3.87. The molecule has 0 amide bonds. The summed E-state index contributed by atoms with van der Waals surface area (Å²) in [4.78, 5) is 39.3. The highest BCUT2D eigenvalue weighted by Crippen LogP contribution is 2.22. The number of benzene rings is 1. The average molecular weight is 410 g/mol. The smallest absolute Gasteiger partial charge is 0.340 e. The maximum atomic E-state index is 13.1. The first kappa shape index (κ1) is 19.1. The second-order valence-electron chi connectivity index (χ2n) is 5.72. The fourth-order valence-corrected chi connectivity index (χ4v) is 3.17. The lowest BCUT2D eigenvalue weighted by atomic mass is 10.0. The van der Waals surface area contributed by atoms with Crippen LogP contribution >= 0.6 is 15.9 Å². The number of ketones is 2. The van der Waals surface area contributed by atoms with Crippen molar-refractivity contribution in [2.75, 3.05) is 0 Å². The van der Waals surface area contributed by atoms with Gasteiger partial charge in [0.05, 0.1) is 11.3 Å². The first-order chi connectivity index (χ1) is 11.6. The van der Waals surface area contributed by atoms with Crippen LogP contribution in [0.4, 0.5) is 4.39 Å². The Balaban J connectivity index is 2.22. The lowest BCUT2D eigenvalue weighted by Gasteiger charge is -2.13. The number of hydrogen-bond acceptors (Lipinski definition) is 4. The minimum atomic E-state index is -1.07. The molecule has 0 aliphatic rings. The van der Waals surface area contributed by atoms with E-state index in [-0.39, 0.29) is 21.5 Å². The van der Waals surface area contributed by atoms with Crippen LogP contribution in [0.5, 0.6) is 0 Å². The first-order valence-corrected chi connectivity index (χ1v) is 8.33. The lowest BCUT2D eigenvalue weighted by Crippen LogP contribution is -2.25. The van der Waals surface area contributed by atoms with E-state index in [0.29, 0.717) is 16.8 Å². The van der Waals surface area contributed by atoms with Gasteiger partial charge >= 0.3 is 5.97 Å². The van der Waals surface area contributed by atoms with Gasteiger partial charge in [-0.3, -0.25) is 9.59 Å². The Hall–Kier alpha value is -2.28. The molecule has 7 heteroatoms. The van der Waals surface area contributed by atoms with Gasteiger partial charge < -0.3 is 9.72 Å². The number of carbonyl (C=O) groups excluding carboxylic acids is 3. The van der Waals surface area contributed by atoms with E-state index in [1.54, 1.807) is 13.8 Å². The third-order valence-corrected chi connectivity index (χ3v) is 4.50. The average Bonchev–Trinajstić information content (AvgIpc) is 2.80. The predicted molar refractivity (Wildman–Crippen MR) is 93.6 cm³/mol. The number of aromatic amines is 1. The standard InChI is InChI=1S/C18H17BrFNO4/c1-8-15(10(3)22)9(2)21-16(8)17(23)11(4)25-18(24)13-6-5-12(20)7-14(13)19/h5-7,11,21H,1-4H3/t11-/m1/s1. The Labute approximate surface area is 152 Å². The number of rotatable bonds is 5. The molecule has 0 unspecified atom stereocenters. The first-order valence-electron chi connectivity index (χ1n) is 7.53. The zero-order valence-corrected chi connectivity index (χ0v) is 15.8. The maximum absolute atomic E-state index is 13.1. The lowest BCUT2D eigenvalue weighted by molar-refractivity contribution is 0.0316. The van der Waals surface area contributed by atoms with Crippen LogP contribution in [-0.4, -0.2) is 28.6 Å². The van der Waals surface area contributed by atoms with E-state index in [1.165, 1.54) is 19.9 Å². The van der Waals surface area contributed by atoms with Gasteiger partial charge in [-0.15, -0.1) is 0 Å². The number of aromatic nitrogens is 1. The SMILES string of the molecule is CC(=O)c1c(C)[nH]c(C(=O)[C@@H](C)OC(=O)c2ccc(F)cc2Br)c1C. The van der Waals surface area contributed by atoms with Gasteiger partial charge in [0.15, 0.2) is 11.9 Å². The molecule has 1 N–H and O–H groups in total. The highest BCUT2D eigenvalue weighted by Gasteiger charge is 2.26. The molecule has 0 spiro atoms. The summed E-state index contributed by atoms with van der Waals surface area (Å²) >= 11 is 3.09. The number of hydrogen-bond donors (Lipinski definition) is 1. The van der Waals surface area contributed by atoms with Crippen LogP contribution in [0.3, 0.4) is 0 Å². The van der Waals surface area contributed by atoms with Crippen LogP contribution < -0.4 is 0 Å². The van der Waals surface area contributed by atoms with Gasteiger partial charge in [0.2, 0.25) is 5.78 Å². The number of H-pyrrole nitrogens is 1. The molecule has 0 saturated carbocycles. The van der Waals surface area contributed by atoms with Gasteiger partial charge in [-0.2, -0.15) is 0 Å². The zero-order chi connectivity index (χ0) is 18.9. The van der Waals surface area contributed by atoms with E-state index in [9.17, 15) is 18.8 Å². The minimum absolute atomic E-state index is 0.116. The summed E-state index contributed by atoms with van der Waals surface area (Å²) in [6.07, 6.45) is -1.07. The molecule has 132 valence electrons. The molecule has 2 aromatic rings. The molecule has 0 saturated heterocycles. The van der Waals surface area contributed by atoms with Crippen LogP contribution in [0.25, 0.3) is 0 Å². The van der Waals surface area contributed by atoms with Crippen LogP contribution in [0.1, 0.15) is 56.3 Å². The topological polar surface area (TPSA) is 76.2 Å². The molecule has 0 aliphatic carbocycles. The van der Waals surface area contributed by atoms with E-state index in [2.05, 4.69) is 20.9 Å². The fraction of sp³-hybridized carbons (Fsp3) is 0.278. The van der Waals surface area contributed by atoms with E-state index in [0.717, 1.165) is 12.1 Å². The molecule has 0 aliphatic heterocycles. The quantitative estimate of drug-likeness (QED) is 0.593. The monoisotopic (exact) mass is 409 g/mol. The molecule has 1 heterocycles. The second-order valence-corrected chi connectivity index (χ2v) is 6.57. The van der Waals surface area contributed by atoms with Crippen molar-refractivity contribution in [3.8, 4) is 0 Å². The van der Waals surface area contributed by atoms with Crippen molar-refractivity contribution >= 4 is 33.5 Å². The highest BCUT2D eigenvalue weighted by molar-refractivity contribution is 9.10. The number of halogens is 2. The summed E-state index contributed by atoms with van der Waals surface area (Å²) in [6.45, 7) is 6.24. The van der Waals surface area contributed by atoms with Crippen LogP contribution in [-0.2, 0) is 4.74 Å². The fourth-order valence-electron chi connectivity index (χ4n) is 2.66. The van der Waals surface area contributed by atoms with Gasteiger partial charge in [-0.05, 0) is 67.4 Å². The maximum Gasteiger partial charge on any atom is 0.340 e. The number of carbonyl (C=O) groups is 3. The summed E-state index contributed by atoms with van der Waals surface area (Å²) in [5.41, 5.74) is 1.93. The summed E-state index contributed by atoms with van der Waals surface area (Å²) in [5.74, 6) is -1.84. The number of esters is 1. The molecule has 0 radical (unpaired) electrons. The molecule has 1 atom stereocenters. The minimum Gasteiger partial charge on any atom is -0.451 e. The molecular formula is C18H17BrFNO4. The predicted octanol–water partition coefficient (Wildman–Crippen LogP) is 4.16. The summed E-state index contributed by atoms with van der Waals surface area (Å²) < 4.78 is 18.5. The molecule has 25 heavy (non-hydrogen) atoms. The second kappa shape index (κ2) is 7.31. The van der Waals surface area contributed by atoms with Crippen molar-refractivity contribution in [1.82, 2.24) is 4.98 Å². The van der Waals surface area contributed by atoms with Gasteiger partial charge in [0.1, 0.15) is 5.82 Å². The third-order valence-electron chi connectivity index (χ3n) is 3.84. The van der Waals surface area contributed by atoms with E-state index < -0.39 is 23.7 Å². The van der Waals surface area contributed by atoms with Crippen molar-refractivity contribution in [1.29, 1.82) is 0 Å². The van der Waals surface area contributed by atoms with Gasteiger partial charge in [-0.25, -0.2) is 9.18 Å². The van der Waals surface area contributed by atoms with E-state index in [4.69, 9.17) is 4.74 Å². The Morgan fingerprint density at radius 1 is 1.24 bits per heavy atom. The normalized spacial score (nSPS) is 11.9. The molecule has 0 bridgehead atoms. The van der Waals surface area contributed by atoms with Gasteiger partial charge in [0.25, 0.3) is 0 Å². The van der Waals surface area contributed by atoms with Crippen molar-refractivity contribution in [2.24, 2.45) is 0 Å². The molecule has 1 aromatic carbocycles. The summed E-state index contributed by atoms with van der Waals surface area (Å²) in [7, 11) is 0.